The van der Waals surface area contributed by atoms with Gasteiger partial charge in [0.1, 0.15) is 11.4 Å². The Morgan fingerprint density at radius 2 is 1.71 bits per heavy atom. The molecule has 3 aromatic rings. The van der Waals surface area contributed by atoms with Gasteiger partial charge in [0.2, 0.25) is 0 Å². The molecule has 184 valence electrons. The van der Waals surface area contributed by atoms with Crippen LogP contribution in [0.3, 0.4) is 0 Å². The van der Waals surface area contributed by atoms with E-state index in [4.69, 9.17) is 14.2 Å². The molecule has 2 aromatic carbocycles. The number of hydrogen-bond acceptors (Lipinski definition) is 6. The Hall–Kier alpha value is -3.87. The van der Waals surface area contributed by atoms with Crippen molar-refractivity contribution in [1.82, 2.24) is 4.98 Å². The van der Waals surface area contributed by atoms with Crippen molar-refractivity contribution in [2.24, 2.45) is 0 Å². The third-order valence-corrected chi connectivity index (χ3v) is 5.47. The molecule has 0 bridgehead atoms. The lowest BCUT2D eigenvalue weighted by molar-refractivity contribution is 0.0573. The molecule has 7 nitrogen and oxygen atoms in total. The minimum Gasteiger partial charge on any atom is -0.496 e. The van der Waals surface area contributed by atoms with Gasteiger partial charge >= 0.3 is 12.1 Å². The normalized spacial score (nSPS) is 11.1. The van der Waals surface area contributed by atoms with E-state index in [1.54, 1.807) is 30.3 Å². The van der Waals surface area contributed by atoms with Gasteiger partial charge in [-0.25, -0.2) is 9.59 Å². The number of pyridine rings is 1. The van der Waals surface area contributed by atoms with Crippen molar-refractivity contribution in [1.29, 1.82) is 0 Å². The van der Waals surface area contributed by atoms with Gasteiger partial charge in [-0.3, -0.25) is 9.88 Å². The number of hydrogen-bond donors (Lipinski definition) is 0. The van der Waals surface area contributed by atoms with Crippen LogP contribution in [0.5, 0.6) is 5.75 Å². The summed E-state index contributed by atoms with van der Waals surface area (Å²) in [5.74, 6) is 0.307. The molecular formula is C28H32N2O5. The second kappa shape index (κ2) is 10.6. The zero-order chi connectivity index (χ0) is 25.8. The van der Waals surface area contributed by atoms with Crippen molar-refractivity contribution in [3.8, 4) is 16.9 Å². The first-order valence-electron chi connectivity index (χ1n) is 11.3. The van der Waals surface area contributed by atoms with Crippen molar-refractivity contribution >= 4 is 17.7 Å². The fraction of sp³-hybridized carbons (Fsp3) is 0.321. The van der Waals surface area contributed by atoms with Crippen LogP contribution in [0.1, 0.15) is 48.0 Å². The first-order valence-corrected chi connectivity index (χ1v) is 11.3. The molecule has 3 rings (SSSR count). The van der Waals surface area contributed by atoms with Crippen LogP contribution in [0.25, 0.3) is 11.1 Å². The average molecular weight is 477 g/mol. The summed E-state index contributed by atoms with van der Waals surface area (Å²) in [6.07, 6.45) is 1.23. The molecule has 0 aliphatic rings. The molecule has 0 spiro atoms. The highest BCUT2D eigenvalue weighted by molar-refractivity contribution is 5.98. The van der Waals surface area contributed by atoms with Crippen LogP contribution < -0.4 is 9.64 Å². The van der Waals surface area contributed by atoms with Gasteiger partial charge in [-0.1, -0.05) is 30.3 Å². The Morgan fingerprint density at radius 3 is 2.37 bits per heavy atom. The van der Waals surface area contributed by atoms with Crippen molar-refractivity contribution < 1.29 is 23.8 Å². The van der Waals surface area contributed by atoms with Gasteiger partial charge in [0.15, 0.2) is 0 Å². The minimum atomic E-state index is -0.683. The summed E-state index contributed by atoms with van der Waals surface area (Å²) >= 11 is 0. The first-order chi connectivity index (χ1) is 16.6. The summed E-state index contributed by atoms with van der Waals surface area (Å²) in [4.78, 5) is 31.8. The number of rotatable bonds is 6. The zero-order valence-corrected chi connectivity index (χ0v) is 21.3. The maximum absolute atomic E-state index is 13.3. The van der Waals surface area contributed by atoms with E-state index in [0.29, 0.717) is 22.5 Å². The van der Waals surface area contributed by atoms with E-state index in [2.05, 4.69) is 4.98 Å². The van der Waals surface area contributed by atoms with Crippen molar-refractivity contribution in [2.45, 2.75) is 46.8 Å². The second-order valence-electron chi connectivity index (χ2n) is 9.20. The van der Waals surface area contributed by atoms with Crippen LogP contribution in [0.15, 0.2) is 54.7 Å². The highest BCUT2D eigenvalue weighted by Crippen LogP contribution is 2.31. The molecule has 0 unspecified atom stereocenters. The summed E-state index contributed by atoms with van der Waals surface area (Å²) in [6, 6.07) is 14.6. The lowest BCUT2D eigenvalue weighted by Crippen LogP contribution is -2.37. The fourth-order valence-electron chi connectivity index (χ4n) is 3.82. The average Bonchev–Trinajstić information content (AvgIpc) is 2.82. The predicted octanol–water partition coefficient (Wildman–Crippen LogP) is 6.10. The van der Waals surface area contributed by atoms with Crippen molar-refractivity contribution in [2.75, 3.05) is 19.1 Å². The molecular weight excluding hydrogens is 444 g/mol. The largest absolute Gasteiger partial charge is 0.496 e. The Bertz CT molecular complexity index is 1230. The number of nitrogens with zero attached hydrogens (tertiary/aromatic N) is 2. The molecule has 0 N–H and O–H groups in total. The van der Waals surface area contributed by atoms with E-state index >= 15 is 0 Å². The van der Waals surface area contributed by atoms with Gasteiger partial charge in [-0.05, 0) is 63.9 Å². The number of esters is 1. The van der Waals surface area contributed by atoms with Gasteiger partial charge in [0.05, 0.1) is 32.0 Å². The van der Waals surface area contributed by atoms with Crippen LogP contribution in [-0.2, 0) is 16.0 Å². The Labute approximate surface area is 206 Å². The third kappa shape index (κ3) is 5.98. The van der Waals surface area contributed by atoms with Crippen LogP contribution in [0, 0.1) is 13.8 Å². The number of ether oxygens (including phenoxy) is 3. The first kappa shape index (κ1) is 25.7. The summed E-state index contributed by atoms with van der Waals surface area (Å²) in [7, 11) is 2.97. The summed E-state index contributed by atoms with van der Waals surface area (Å²) in [6.45, 7) is 9.50. The van der Waals surface area contributed by atoms with E-state index in [1.807, 2.05) is 71.0 Å². The molecule has 0 atom stereocenters. The van der Waals surface area contributed by atoms with Crippen molar-refractivity contribution in [3.05, 3.63) is 77.1 Å². The number of benzene rings is 2. The van der Waals surface area contributed by atoms with Gasteiger partial charge < -0.3 is 14.2 Å². The number of carbonyl (C=O) groups is 2. The lowest BCUT2D eigenvalue weighted by atomic mass is 9.99. The fourth-order valence-corrected chi connectivity index (χ4v) is 3.82. The molecule has 35 heavy (non-hydrogen) atoms. The molecule has 1 amide bonds. The van der Waals surface area contributed by atoms with Gasteiger partial charge in [-0.15, -0.1) is 0 Å². The van der Waals surface area contributed by atoms with E-state index in [0.717, 1.165) is 22.4 Å². The smallest absolute Gasteiger partial charge is 0.415 e. The number of aromatic nitrogens is 1. The number of methoxy groups -OCH3 is 2. The Morgan fingerprint density at radius 1 is 1.00 bits per heavy atom. The van der Waals surface area contributed by atoms with Crippen LogP contribution >= 0.6 is 0 Å². The van der Waals surface area contributed by atoms with E-state index in [-0.39, 0.29) is 6.54 Å². The second-order valence-corrected chi connectivity index (χ2v) is 9.20. The summed E-state index contributed by atoms with van der Waals surface area (Å²) < 4.78 is 16.2. The highest BCUT2D eigenvalue weighted by atomic mass is 16.6. The monoisotopic (exact) mass is 476 g/mol. The highest BCUT2D eigenvalue weighted by Gasteiger charge is 2.26. The van der Waals surface area contributed by atoms with E-state index in [9.17, 15) is 9.59 Å². The summed E-state index contributed by atoms with van der Waals surface area (Å²) in [5, 5.41) is 0. The van der Waals surface area contributed by atoms with Crippen molar-refractivity contribution in [3.63, 3.8) is 0 Å². The maximum atomic E-state index is 13.3. The van der Waals surface area contributed by atoms with Gasteiger partial charge in [0, 0.05) is 23.0 Å². The molecule has 0 fully saturated rings. The maximum Gasteiger partial charge on any atom is 0.415 e. The lowest BCUT2D eigenvalue weighted by Gasteiger charge is -2.28. The molecule has 1 heterocycles. The SMILES string of the molecule is COC(=O)c1ccccc1-c1cccc(N(Cc2ncc(C)c(OC)c2C)C(=O)OC(C)(C)C)c1. The Kier molecular flexibility index (Phi) is 7.79. The van der Waals surface area contributed by atoms with E-state index < -0.39 is 17.7 Å². The molecule has 0 aliphatic heterocycles. The molecule has 0 aliphatic carbocycles. The number of carbonyl (C=O) groups excluding carboxylic acids is 2. The van der Waals surface area contributed by atoms with Gasteiger partial charge in [0.25, 0.3) is 0 Å². The number of amides is 1. The molecule has 0 radical (unpaired) electrons. The summed E-state index contributed by atoms with van der Waals surface area (Å²) in [5.41, 5.74) is 4.30. The Balaban J connectivity index is 2.09. The predicted molar refractivity (Wildman–Crippen MR) is 136 cm³/mol. The minimum absolute atomic E-state index is 0.180. The van der Waals surface area contributed by atoms with Crippen LogP contribution in [0.4, 0.5) is 10.5 Å². The third-order valence-electron chi connectivity index (χ3n) is 5.47. The topological polar surface area (TPSA) is 78.0 Å². The molecule has 0 saturated carbocycles. The van der Waals surface area contributed by atoms with Crippen LogP contribution in [0.2, 0.25) is 0 Å². The van der Waals surface area contributed by atoms with Crippen LogP contribution in [-0.4, -0.2) is 36.9 Å². The molecule has 7 heteroatoms. The zero-order valence-electron chi connectivity index (χ0n) is 21.3. The standard InChI is InChI=1S/C28H32N2O5/c1-18-16-29-24(19(2)25(18)33-6)17-30(27(32)35-28(3,4)5)21-12-10-11-20(15-21)22-13-8-9-14-23(22)26(31)34-7/h8-16H,17H2,1-7H3. The number of anilines is 1. The molecule has 1 aromatic heterocycles. The quantitative estimate of drug-likeness (QED) is 0.400. The number of aryl methyl sites for hydroxylation is 1. The molecule has 0 saturated heterocycles. The van der Waals surface area contributed by atoms with Gasteiger partial charge in [-0.2, -0.15) is 0 Å². The van der Waals surface area contributed by atoms with E-state index in [1.165, 1.54) is 7.11 Å².